The van der Waals surface area contributed by atoms with E-state index >= 15 is 0 Å². The molecule has 3 N–H and O–H groups in total. The predicted octanol–water partition coefficient (Wildman–Crippen LogP) is 2.11. The van der Waals surface area contributed by atoms with Crippen molar-refractivity contribution in [3.05, 3.63) is 58.4 Å². The molecule has 3 rings (SSSR count). The molecule has 2 aromatic rings. The minimum Gasteiger partial charge on any atom is -0.478 e. The Balaban J connectivity index is 2.13. The number of carbonyl (C=O) groups excluding carboxylic acids is 1. The van der Waals surface area contributed by atoms with Crippen molar-refractivity contribution in [2.45, 2.75) is 12.8 Å². The van der Waals surface area contributed by atoms with Crippen molar-refractivity contribution in [1.82, 2.24) is 10.2 Å². The van der Waals surface area contributed by atoms with Gasteiger partial charge in [-0.3, -0.25) is 5.10 Å². The minimum absolute atomic E-state index is 0.190. The van der Waals surface area contributed by atoms with Gasteiger partial charge in [0.05, 0.1) is 24.4 Å². The molecule has 0 aliphatic carbocycles. The van der Waals surface area contributed by atoms with Crippen LogP contribution in [0.5, 0.6) is 0 Å². The van der Waals surface area contributed by atoms with Gasteiger partial charge >= 0.3 is 11.9 Å². The number of aromatic amines is 1. The van der Waals surface area contributed by atoms with Crippen LogP contribution in [-0.4, -0.2) is 34.4 Å². The summed E-state index contributed by atoms with van der Waals surface area (Å²) in [6.07, 6.45) is 1.65. The van der Waals surface area contributed by atoms with E-state index in [9.17, 15) is 9.59 Å². The lowest BCUT2D eigenvalue weighted by Crippen LogP contribution is -2.23. The number of nitrogens with one attached hydrogen (secondary N) is 2. The van der Waals surface area contributed by atoms with Crippen LogP contribution in [0.25, 0.3) is 0 Å². The molecule has 23 heavy (non-hydrogen) atoms. The van der Waals surface area contributed by atoms with Crippen LogP contribution in [0.1, 0.15) is 34.3 Å². The fourth-order valence-corrected chi connectivity index (χ4v) is 2.79. The highest BCUT2D eigenvalue weighted by Crippen LogP contribution is 2.41. The van der Waals surface area contributed by atoms with Crippen molar-refractivity contribution in [3.8, 4) is 0 Å². The number of allylic oxidation sites excluding steroid dienone is 1. The number of aromatic nitrogens is 2. The van der Waals surface area contributed by atoms with Crippen molar-refractivity contribution < 1.29 is 19.4 Å². The lowest BCUT2D eigenvalue weighted by Gasteiger charge is -2.27. The average molecular weight is 313 g/mol. The maximum absolute atomic E-state index is 12.2. The zero-order valence-electron chi connectivity index (χ0n) is 12.6. The molecule has 7 heteroatoms. The number of carboxylic acids is 1. The molecule has 118 valence electrons. The standard InChI is InChI=1S/C16H15N3O4/c1-8-12(16(22)23-2)13(11-7-17-19-14(11)18-8)9-3-5-10(6-4-9)15(20)21/h3-7,13H,1-2H3,(H,20,21)(H2,17,18,19). The highest BCUT2D eigenvalue weighted by atomic mass is 16.5. The summed E-state index contributed by atoms with van der Waals surface area (Å²) < 4.78 is 4.90. The number of rotatable bonds is 3. The Hall–Kier alpha value is -3.09. The molecule has 2 heterocycles. The molecule has 0 fully saturated rings. The first-order valence-corrected chi connectivity index (χ1v) is 6.95. The van der Waals surface area contributed by atoms with Crippen LogP contribution < -0.4 is 5.32 Å². The smallest absolute Gasteiger partial charge is 0.336 e. The summed E-state index contributed by atoms with van der Waals surface area (Å²) in [5.74, 6) is -1.09. The topological polar surface area (TPSA) is 104 Å². The summed E-state index contributed by atoms with van der Waals surface area (Å²) in [6.45, 7) is 1.79. The number of anilines is 1. The lowest BCUT2D eigenvalue weighted by atomic mass is 9.82. The van der Waals surface area contributed by atoms with Gasteiger partial charge in [-0.15, -0.1) is 0 Å². The number of aromatic carboxylic acids is 1. The Labute approximate surface area is 132 Å². The number of nitrogens with zero attached hydrogens (tertiary/aromatic N) is 1. The molecule has 0 saturated carbocycles. The summed E-state index contributed by atoms with van der Waals surface area (Å²) in [4.78, 5) is 23.2. The Kier molecular flexibility index (Phi) is 3.61. The minimum atomic E-state index is -0.995. The molecule has 7 nitrogen and oxygen atoms in total. The number of methoxy groups -OCH3 is 1. The first kappa shape index (κ1) is 14.8. The van der Waals surface area contributed by atoms with Crippen LogP contribution in [0.3, 0.4) is 0 Å². The summed E-state index contributed by atoms with van der Waals surface area (Å²) in [5.41, 5.74) is 2.93. The van der Waals surface area contributed by atoms with Crippen LogP contribution in [-0.2, 0) is 9.53 Å². The monoisotopic (exact) mass is 313 g/mol. The Morgan fingerprint density at radius 3 is 2.57 bits per heavy atom. The molecular formula is C16H15N3O4. The Morgan fingerprint density at radius 1 is 1.26 bits per heavy atom. The third-order valence-electron chi connectivity index (χ3n) is 3.88. The molecule has 1 aromatic carbocycles. The predicted molar refractivity (Wildman–Crippen MR) is 82.2 cm³/mol. The second-order valence-corrected chi connectivity index (χ2v) is 5.22. The molecule has 0 bridgehead atoms. The second-order valence-electron chi connectivity index (χ2n) is 5.22. The molecule has 1 unspecified atom stereocenters. The molecule has 0 radical (unpaired) electrons. The zero-order valence-corrected chi connectivity index (χ0v) is 12.6. The molecule has 0 saturated heterocycles. The maximum Gasteiger partial charge on any atom is 0.336 e. The highest BCUT2D eigenvalue weighted by molar-refractivity contribution is 5.94. The van der Waals surface area contributed by atoms with E-state index in [4.69, 9.17) is 9.84 Å². The number of benzene rings is 1. The molecular weight excluding hydrogens is 298 g/mol. The number of ether oxygens (including phenoxy) is 1. The number of fused-ring (bicyclic) bond motifs is 1. The first-order valence-electron chi connectivity index (χ1n) is 6.95. The van der Waals surface area contributed by atoms with Gasteiger partial charge in [0.15, 0.2) is 0 Å². The number of H-pyrrole nitrogens is 1. The van der Waals surface area contributed by atoms with Crippen LogP contribution in [0, 0.1) is 0 Å². The lowest BCUT2D eigenvalue weighted by molar-refractivity contribution is -0.136. The van der Waals surface area contributed by atoms with Gasteiger partial charge in [0, 0.05) is 17.2 Å². The molecule has 1 atom stereocenters. The van der Waals surface area contributed by atoms with Gasteiger partial charge in [-0.1, -0.05) is 12.1 Å². The van der Waals surface area contributed by atoms with E-state index in [1.807, 2.05) is 0 Å². The van der Waals surface area contributed by atoms with Crippen LogP contribution in [0.4, 0.5) is 5.82 Å². The average Bonchev–Trinajstić information content (AvgIpc) is 3.00. The van der Waals surface area contributed by atoms with Gasteiger partial charge in [0.2, 0.25) is 0 Å². The number of hydrogen-bond donors (Lipinski definition) is 3. The largest absolute Gasteiger partial charge is 0.478 e. The normalized spacial score (nSPS) is 16.5. The summed E-state index contributed by atoms with van der Waals surface area (Å²) >= 11 is 0. The summed E-state index contributed by atoms with van der Waals surface area (Å²) in [6, 6.07) is 6.44. The maximum atomic E-state index is 12.2. The van der Waals surface area contributed by atoms with Crippen LogP contribution >= 0.6 is 0 Å². The van der Waals surface area contributed by atoms with E-state index in [1.54, 1.807) is 25.3 Å². The fourth-order valence-electron chi connectivity index (χ4n) is 2.79. The SMILES string of the molecule is COC(=O)C1=C(C)Nc2[nH]ncc2C1c1ccc(C(=O)O)cc1. The Bertz CT molecular complexity index is 805. The van der Waals surface area contributed by atoms with Crippen LogP contribution in [0.2, 0.25) is 0 Å². The van der Waals surface area contributed by atoms with E-state index in [1.165, 1.54) is 19.2 Å². The summed E-state index contributed by atoms with van der Waals surface area (Å²) in [7, 11) is 1.33. The Morgan fingerprint density at radius 2 is 1.96 bits per heavy atom. The number of esters is 1. The number of carbonyl (C=O) groups is 2. The number of carboxylic acid groups (broad SMARTS) is 1. The third-order valence-corrected chi connectivity index (χ3v) is 3.88. The second kappa shape index (κ2) is 5.60. The first-order chi connectivity index (χ1) is 11.0. The third kappa shape index (κ3) is 2.46. The molecule has 0 spiro atoms. The molecule has 1 aliphatic rings. The fraction of sp³-hybridized carbons (Fsp3) is 0.188. The van der Waals surface area contributed by atoms with Crippen LogP contribution in [0.15, 0.2) is 41.7 Å². The van der Waals surface area contributed by atoms with E-state index in [-0.39, 0.29) is 11.5 Å². The van der Waals surface area contributed by atoms with Crippen molar-refractivity contribution in [2.75, 3.05) is 12.4 Å². The van der Waals surface area contributed by atoms with Crippen molar-refractivity contribution in [3.63, 3.8) is 0 Å². The van der Waals surface area contributed by atoms with Gasteiger partial charge in [-0.25, -0.2) is 9.59 Å². The van der Waals surface area contributed by atoms with Gasteiger partial charge in [0.1, 0.15) is 5.82 Å². The molecule has 1 aromatic heterocycles. The van der Waals surface area contributed by atoms with Crippen molar-refractivity contribution in [2.24, 2.45) is 0 Å². The highest BCUT2D eigenvalue weighted by Gasteiger charge is 2.34. The van der Waals surface area contributed by atoms with E-state index in [2.05, 4.69) is 15.5 Å². The van der Waals surface area contributed by atoms with E-state index in [0.717, 1.165) is 11.1 Å². The van der Waals surface area contributed by atoms with Gasteiger partial charge in [-0.2, -0.15) is 5.10 Å². The van der Waals surface area contributed by atoms with Crippen molar-refractivity contribution in [1.29, 1.82) is 0 Å². The molecule has 1 aliphatic heterocycles. The molecule has 0 amide bonds. The zero-order chi connectivity index (χ0) is 16.6. The van der Waals surface area contributed by atoms with Crippen molar-refractivity contribution >= 4 is 17.8 Å². The van der Waals surface area contributed by atoms with Gasteiger partial charge in [-0.05, 0) is 24.6 Å². The van der Waals surface area contributed by atoms with E-state index in [0.29, 0.717) is 17.1 Å². The summed E-state index contributed by atoms with van der Waals surface area (Å²) in [5, 5.41) is 19.0. The van der Waals surface area contributed by atoms with Gasteiger partial charge < -0.3 is 15.2 Å². The number of hydrogen-bond acceptors (Lipinski definition) is 5. The quantitative estimate of drug-likeness (QED) is 0.750. The van der Waals surface area contributed by atoms with Gasteiger partial charge in [0.25, 0.3) is 0 Å². The van der Waals surface area contributed by atoms with E-state index < -0.39 is 11.9 Å².